The second kappa shape index (κ2) is 7.45. The summed E-state index contributed by atoms with van der Waals surface area (Å²) >= 11 is 3.54. The molecule has 5 heteroatoms. The lowest BCUT2D eigenvalue weighted by atomic mass is 10.1. The molecule has 0 saturated carbocycles. The van der Waals surface area contributed by atoms with E-state index >= 15 is 0 Å². The Bertz CT molecular complexity index is 540. The molecule has 0 unspecified atom stereocenters. The smallest absolute Gasteiger partial charge is 0.126 e. The minimum atomic E-state index is 0.637. The summed E-state index contributed by atoms with van der Waals surface area (Å²) in [4.78, 5) is 4.03. The molecule has 2 aromatic rings. The van der Waals surface area contributed by atoms with Crippen molar-refractivity contribution in [3.05, 3.63) is 46.5 Å². The van der Waals surface area contributed by atoms with Crippen LogP contribution in [0.1, 0.15) is 18.1 Å². The third kappa shape index (κ3) is 4.08. The van der Waals surface area contributed by atoms with Crippen molar-refractivity contribution in [2.45, 2.75) is 26.9 Å². The Morgan fingerprint density at radius 3 is 2.95 bits per heavy atom. The van der Waals surface area contributed by atoms with Crippen LogP contribution >= 0.6 is 15.9 Å². The highest BCUT2D eigenvalue weighted by atomic mass is 79.9. The minimum absolute atomic E-state index is 0.637. The van der Waals surface area contributed by atoms with Crippen LogP contribution in [0.2, 0.25) is 0 Å². The van der Waals surface area contributed by atoms with Crippen molar-refractivity contribution in [1.29, 1.82) is 0 Å². The number of rotatable bonds is 7. The molecule has 1 N–H and O–H groups in total. The maximum absolute atomic E-state index is 5.98. The molecule has 0 spiro atoms. The van der Waals surface area contributed by atoms with Gasteiger partial charge in [-0.3, -0.25) is 0 Å². The lowest BCUT2D eigenvalue weighted by Crippen LogP contribution is -2.14. The monoisotopic (exact) mass is 337 g/mol. The van der Waals surface area contributed by atoms with E-state index in [0.717, 1.165) is 35.4 Å². The fourth-order valence-electron chi connectivity index (χ4n) is 2.07. The number of ether oxygens (including phenoxy) is 1. The predicted molar refractivity (Wildman–Crippen MR) is 84.0 cm³/mol. The van der Waals surface area contributed by atoms with Gasteiger partial charge in [0.2, 0.25) is 0 Å². The van der Waals surface area contributed by atoms with Gasteiger partial charge in [0.1, 0.15) is 12.4 Å². The average molecular weight is 338 g/mol. The number of hydrogen-bond donors (Lipinski definition) is 1. The molecule has 1 heterocycles. The van der Waals surface area contributed by atoms with Gasteiger partial charge in [-0.25, -0.2) is 4.98 Å². The van der Waals surface area contributed by atoms with Crippen LogP contribution in [0, 0.1) is 6.92 Å². The zero-order valence-corrected chi connectivity index (χ0v) is 13.5. The van der Waals surface area contributed by atoms with Gasteiger partial charge in [-0.2, -0.15) is 0 Å². The second-order valence-electron chi connectivity index (χ2n) is 4.64. The van der Waals surface area contributed by atoms with E-state index in [2.05, 4.69) is 52.2 Å². The first-order valence-electron chi connectivity index (χ1n) is 6.79. The van der Waals surface area contributed by atoms with E-state index in [1.54, 1.807) is 12.5 Å². The first-order chi connectivity index (χ1) is 9.70. The molecule has 1 aromatic heterocycles. The summed E-state index contributed by atoms with van der Waals surface area (Å²) in [5.41, 5.74) is 2.34. The number of imidazole rings is 1. The molecule has 2 rings (SSSR count). The zero-order chi connectivity index (χ0) is 14.4. The van der Waals surface area contributed by atoms with Crippen molar-refractivity contribution in [3.63, 3.8) is 0 Å². The minimum Gasteiger partial charge on any atom is -0.491 e. The van der Waals surface area contributed by atoms with Gasteiger partial charge in [-0.1, -0.05) is 22.9 Å². The quantitative estimate of drug-likeness (QED) is 0.843. The van der Waals surface area contributed by atoms with Gasteiger partial charge in [0, 0.05) is 29.0 Å². The van der Waals surface area contributed by atoms with Gasteiger partial charge >= 0.3 is 0 Å². The summed E-state index contributed by atoms with van der Waals surface area (Å²) in [6, 6.07) is 4.20. The van der Waals surface area contributed by atoms with Crippen LogP contribution in [-0.2, 0) is 13.1 Å². The van der Waals surface area contributed by atoms with Crippen LogP contribution in [0.3, 0.4) is 0 Å². The summed E-state index contributed by atoms with van der Waals surface area (Å²) in [5.74, 6) is 0.981. The van der Waals surface area contributed by atoms with Crippen LogP contribution in [-0.4, -0.2) is 22.7 Å². The molecule has 108 valence electrons. The largest absolute Gasteiger partial charge is 0.491 e. The molecule has 0 aliphatic heterocycles. The van der Waals surface area contributed by atoms with Crippen molar-refractivity contribution in [2.75, 3.05) is 13.2 Å². The van der Waals surface area contributed by atoms with E-state index in [9.17, 15) is 0 Å². The molecule has 0 aliphatic rings. The van der Waals surface area contributed by atoms with Crippen molar-refractivity contribution in [1.82, 2.24) is 14.9 Å². The Kier molecular flexibility index (Phi) is 5.61. The summed E-state index contributed by atoms with van der Waals surface area (Å²) in [6.07, 6.45) is 5.52. The number of aromatic nitrogens is 2. The highest BCUT2D eigenvalue weighted by Gasteiger charge is 2.09. The highest BCUT2D eigenvalue weighted by molar-refractivity contribution is 9.10. The summed E-state index contributed by atoms with van der Waals surface area (Å²) in [7, 11) is 0. The van der Waals surface area contributed by atoms with Crippen molar-refractivity contribution in [2.24, 2.45) is 0 Å². The average Bonchev–Trinajstić information content (AvgIpc) is 2.92. The summed E-state index contributed by atoms with van der Waals surface area (Å²) in [5, 5.41) is 3.35. The third-order valence-electron chi connectivity index (χ3n) is 3.04. The summed E-state index contributed by atoms with van der Waals surface area (Å²) in [6.45, 7) is 7.38. The standard InChI is InChI=1S/C15H20BrN3O/c1-3-17-10-13-9-14(16)8-12(2)15(13)20-7-6-19-5-4-18-11-19/h4-5,8-9,11,17H,3,6-7,10H2,1-2H3. The van der Waals surface area contributed by atoms with Gasteiger partial charge in [0.25, 0.3) is 0 Å². The topological polar surface area (TPSA) is 39.1 Å². The normalized spacial score (nSPS) is 10.8. The number of hydrogen-bond acceptors (Lipinski definition) is 3. The summed E-state index contributed by atoms with van der Waals surface area (Å²) < 4.78 is 9.08. The van der Waals surface area contributed by atoms with Crippen LogP contribution in [0.5, 0.6) is 5.75 Å². The van der Waals surface area contributed by atoms with Gasteiger partial charge in [-0.05, 0) is 31.2 Å². The Morgan fingerprint density at radius 2 is 2.25 bits per heavy atom. The molecule has 0 atom stereocenters. The molecule has 0 radical (unpaired) electrons. The van der Waals surface area contributed by atoms with E-state index in [0.29, 0.717) is 6.61 Å². The number of benzene rings is 1. The first-order valence-corrected chi connectivity index (χ1v) is 7.58. The van der Waals surface area contributed by atoms with Gasteiger partial charge < -0.3 is 14.6 Å². The third-order valence-corrected chi connectivity index (χ3v) is 3.49. The van der Waals surface area contributed by atoms with Crippen molar-refractivity contribution >= 4 is 15.9 Å². The maximum atomic E-state index is 5.98. The Morgan fingerprint density at radius 1 is 1.40 bits per heavy atom. The molecular weight excluding hydrogens is 318 g/mol. The lowest BCUT2D eigenvalue weighted by Gasteiger charge is -2.15. The van der Waals surface area contributed by atoms with Crippen LogP contribution in [0.15, 0.2) is 35.3 Å². The lowest BCUT2D eigenvalue weighted by molar-refractivity contribution is 0.293. The molecule has 0 fully saturated rings. The van der Waals surface area contributed by atoms with Crippen LogP contribution in [0.4, 0.5) is 0 Å². The number of nitrogens with zero attached hydrogens (tertiary/aromatic N) is 2. The fourth-order valence-corrected chi connectivity index (χ4v) is 2.69. The Labute approximate surface area is 128 Å². The van der Waals surface area contributed by atoms with E-state index in [1.807, 2.05) is 10.8 Å². The van der Waals surface area contributed by atoms with Crippen molar-refractivity contribution in [3.8, 4) is 5.75 Å². The van der Waals surface area contributed by atoms with Gasteiger partial charge in [-0.15, -0.1) is 0 Å². The molecule has 20 heavy (non-hydrogen) atoms. The predicted octanol–water partition coefficient (Wildman–Crippen LogP) is 3.14. The highest BCUT2D eigenvalue weighted by Crippen LogP contribution is 2.28. The molecule has 0 aliphatic carbocycles. The number of nitrogens with one attached hydrogen (secondary N) is 1. The maximum Gasteiger partial charge on any atom is 0.126 e. The SMILES string of the molecule is CCNCc1cc(Br)cc(C)c1OCCn1ccnc1. The van der Waals surface area contributed by atoms with E-state index in [1.165, 1.54) is 5.56 Å². The van der Waals surface area contributed by atoms with Crippen molar-refractivity contribution < 1.29 is 4.74 Å². The molecule has 0 bridgehead atoms. The molecule has 1 aromatic carbocycles. The Balaban J connectivity index is 2.04. The van der Waals surface area contributed by atoms with Crippen LogP contribution in [0.25, 0.3) is 0 Å². The van der Waals surface area contributed by atoms with E-state index in [4.69, 9.17) is 4.74 Å². The zero-order valence-electron chi connectivity index (χ0n) is 11.9. The molecule has 4 nitrogen and oxygen atoms in total. The van der Waals surface area contributed by atoms with Crippen LogP contribution < -0.4 is 10.1 Å². The number of aryl methyl sites for hydroxylation is 1. The first kappa shape index (κ1) is 15.1. The molecular formula is C15H20BrN3O. The van der Waals surface area contributed by atoms with E-state index in [-0.39, 0.29) is 0 Å². The second-order valence-corrected chi connectivity index (χ2v) is 5.56. The Hall–Kier alpha value is -1.33. The van der Waals surface area contributed by atoms with E-state index < -0.39 is 0 Å². The van der Waals surface area contributed by atoms with Gasteiger partial charge in [0.05, 0.1) is 12.9 Å². The number of halogens is 1. The van der Waals surface area contributed by atoms with Gasteiger partial charge in [0.15, 0.2) is 0 Å². The fraction of sp³-hybridized carbons (Fsp3) is 0.400. The molecule has 0 amide bonds. The molecule has 0 saturated heterocycles.